The number of hydrogen-bond donors (Lipinski definition) is 1. The van der Waals surface area contributed by atoms with Crippen LogP contribution in [0.25, 0.3) is 0 Å². The van der Waals surface area contributed by atoms with E-state index in [-0.39, 0.29) is 0 Å². The maximum atomic E-state index is 6.00. The van der Waals surface area contributed by atoms with E-state index in [2.05, 4.69) is 21.6 Å². The highest BCUT2D eigenvalue weighted by Crippen LogP contribution is 2.30. The fourth-order valence-electron chi connectivity index (χ4n) is 2.91. The molecule has 0 aromatic carbocycles. The predicted molar refractivity (Wildman–Crippen MR) is 64.4 cm³/mol. The molecule has 16 heavy (non-hydrogen) atoms. The molecule has 3 rings (SSSR count). The first-order chi connectivity index (χ1) is 7.79. The lowest BCUT2D eigenvalue weighted by Crippen LogP contribution is -2.48. The van der Waals surface area contributed by atoms with Crippen LogP contribution in [0.3, 0.4) is 0 Å². The van der Waals surface area contributed by atoms with E-state index >= 15 is 0 Å². The Morgan fingerprint density at radius 1 is 1.31 bits per heavy atom. The second-order valence-corrected chi connectivity index (χ2v) is 4.97. The molecule has 1 saturated heterocycles. The summed E-state index contributed by atoms with van der Waals surface area (Å²) in [5, 5.41) is 4.55. The zero-order valence-corrected chi connectivity index (χ0v) is 9.95. The third-order valence-electron chi connectivity index (χ3n) is 3.97. The SMILES string of the molecule is CCN1CC(n2nc(N)c3c2CCCC3)C1. The molecule has 2 heterocycles. The van der Waals surface area contributed by atoms with Crippen LogP contribution in [0, 0.1) is 0 Å². The Balaban J connectivity index is 1.85. The third kappa shape index (κ3) is 1.44. The number of nitrogen functional groups attached to an aromatic ring is 1. The number of likely N-dealkylation sites (N-methyl/N-ethyl adjacent to an activating group) is 1. The number of hydrogen-bond acceptors (Lipinski definition) is 3. The van der Waals surface area contributed by atoms with Crippen LogP contribution < -0.4 is 5.73 Å². The molecule has 0 unspecified atom stereocenters. The van der Waals surface area contributed by atoms with E-state index < -0.39 is 0 Å². The Labute approximate surface area is 96.4 Å². The molecule has 4 nitrogen and oxygen atoms in total. The second-order valence-electron chi connectivity index (χ2n) is 4.97. The van der Waals surface area contributed by atoms with Gasteiger partial charge in [0, 0.05) is 24.3 Å². The lowest BCUT2D eigenvalue weighted by Gasteiger charge is -2.39. The topological polar surface area (TPSA) is 47.1 Å². The molecule has 0 atom stereocenters. The molecule has 2 N–H and O–H groups in total. The van der Waals surface area contributed by atoms with Gasteiger partial charge in [0.2, 0.25) is 0 Å². The first kappa shape index (κ1) is 10.1. The maximum Gasteiger partial charge on any atom is 0.148 e. The minimum atomic E-state index is 0.573. The maximum absolute atomic E-state index is 6.00. The summed E-state index contributed by atoms with van der Waals surface area (Å²) in [6.07, 6.45) is 4.87. The van der Waals surface area contributed by atoms with E-state index in [1.807, 2.05) is 0 Å². The van der Waals surface area contributed by atoms with Crippen molar-refractivity contribution in [3.63, 3.8) is 0 Å². The van der Waals surface area contributed by atoms with Gasteiger partial charge in [-0.3, -0.25) is 9.58 Å². The van der Waals surface area contributed by atoms with Gasteiger partial charge in [-0.05, 0) is 32.2 Å². The van der Waals surface area contributed by atoms with Crippen molar-refractivity contribution in [1.29, 1.82) is 0 Å². The summed E-state index contributed by atoms with van der Waals surface area (Å²) in [5.41, 5.74) is 8.76. The molecule has 0 saturated carbocycles. The van der Waals surface area contributed by atoms with Crippen molar-refractivity contribution < 1.29 is 0 Å². The van der Waals surface area contributed by atoms with Crippen molar-refractivity contribution in [2.75, 3.05) is 25.4 Å². The molecule has 4 heteroatoms. The van der Waals surface area contributed by atoms with Crippen molar-refractivity contribution in [3.05, 3.63) is 11.3 Å². The zero-order valence-electron chi connectivity index (χ0n) is 9.95. The molecule has 1 fully saturated rings. The molecule has 0 radical (unpaired) electrons. The minimum Gasteiger partial charge on any atom is -0.382 e. The number of likely N-dealkylation sites (tertiary alicyclic amines) is 1. The first-order valence-corrected chi connectivity index (χ1v) is 6.37. The Bertz CT molecular complexity index is 390. The average molecular weight is 220 g/mol. The van der Waals surface area contributed by atoms with E-state index in [0.717, 1.165) is 31.9 Å². The van der Waals surface area contributed by atoms with E-state index in [1.165, 1.54) is 30.5 Å². The molecule has 0 bridgehead atoms. The average Bonchev–Trinajstić information content (AvgIpc) is 2.56. The summed E-state index contributed by atoms with van der Waals surface area (Å²) < 4.78 is 2.22. The number of fused-ring (bicyclic) bond motifs is 1. The van der Waals surface area contributed by atoms with Gasteiger partial charge in [-0.1, -0.05) is 6.92 Å². The Morgan fingerprint density at radius 3 is 2.81 bits per heavy atom. The Kier molecular flexibility index (Phi) is 2.39. The summed E-state index contributed by atoms with van der Waals surface area (Å²) in [5.74, 6) is 0.782. The fourth-order valence-corrected chi connectivity index (χ4v) is 2.91. The van der Waals surface area contributed by atoms with E-state index in [4.69, 9.17) is 5.73 Å². The van der Waals surface area contributed by atoms with Gasteiger partial charge in [-0.2, -0.15) is 5.10 Å². The zero-order chi connectivity index (χ0) is 11.1. The van der Waals surface area contributed by atoms with Crippen molar-refractivity contribution in [1.82, 2.24) is 14.7 Å². The summed E-state index contributed by atoms with van der Waals surface area (Å²) in [7, 11) is 0. The highest BCUT2D eigenvalue weighted by molar-refractivity contribution is 5.44. The molecule has 0 spiro atoms. The van der Waals surface area contributed by atoms with E-state index in [1.54, 1.807) is 0 Å². The van der Waals surface area contributed by atoms with Gasteiger partial charge in [0.15, 0.2) is 0 Å². The Hall–Kier alpha value is -1.03. The number of nitrogens with zero attached hydrogens (tertiary/aromatic N) is 3. The van der Waals surface area contributed by atoms with E-state index in [0.29, 0.717) is 6.04 Å². The highest BCUT2D eigenvalue weighted by atomic mass is 15.4. The Morgan fingerprint density at radius 2 is 2.06 bits per heavy atom. The van der Waals surface area contributed by atoms with Gasteiger partial charge >= 0.3 is 0 Å². The smallest absolute Gasteiger partial charge is 0.148 e. The lowest BCUT2D eigenvalue weighted by atomic mass is 9.96. The summed E-state index contributed by atoms with van der Waals surface area (Å²) in [6, 6.07) is 0.573. The van der Waals surface area contributed by atoms with Crippen LogP contribution in [0.15, 0.2) is 0 Å². The van der Waals surface area contributed by atoms with Gasteiger partial charge < -0.3 is 5.73 Å². The largest absolute Gasteiger partial charge is 0.382 e. The summed E-state index contributed by atoms with van der Waals surface area (Å²) in [6.45, 7) is 5.65. The molecule has 88 valence electrons. The minimum absolute atomic E-state index is 0.573. The van der Waals surface area contributed by atoms with Crippen molar-refractivity contribution >= 4 is 5.82 Å². The molecule has 1 aliphatic heterocycles. The third-order valence-corrected chi connectivity index (χ3v) is 3.97. The quantitative estimate of drug-likeness (QED) is 0.815. The number of anilines is 1. The molecular weight excluding hydrogens is 200 g/mol. The van der Waals surface area contributed by atoms with Crippen molar-refractivity contribution in [2.45, 2.75) is 38.6 Å². The standard InChI is InChI=1S/C12H20N4/c1-2-15-7-9(8-15)16-11-6-4-3-5-10(11)12(13)14-16/h9H,2-8H2,1H3,(H2,13,14). The second kappa shape index (κ2) is 3.77. The van der Waals surface area contributed by atoms with Gasteiger partial charge in [0.05, 0.1) is 6.04 Å². The summed E-state index contributed by atoms with van der Waals surface area (Å²) >= 11 is 0. The fraction of sp³-hybridized carbons (Fsp3) is 0.750. The molecule has 0 amide bonds. The van der Waals surface area contributed by atoms with Gasteiger partial charge in [0.1, 0.15) is 5.82 Å². The van der Waals surface area contributed by atoms with Crippen LogP contribution in [0.4, 0.5) is 5.82 Å². The highest BCUT2D eigenvalue weighted by Gasteiger charge is 2.31. The van der Waals surface area contributed by atoms with Crippen LogP contribution in [0.2, 0.25) is 0 Å². The summed E-state index contributed by atoms with van der Waals surface area (Å²) in [4.78, 5) is 2.44. The van der Waals surface area contributed by atoms with Gasteiger partial charge in [-0.15, -0.1) is 0 Å². The van der Waals surface area contributed by atoms with Crippen LogP contribution in [-0.4, -0.2) is 34.3 Å². The number of nitrogens with two attached hydrogens (primary N) is 1. The lowest BCUT2D eigenvalue weighted by molar-refractivity contribution is 0.103. The molecule has 1 aliphatic carbocycles. The van der Waals surface area contributed by atoms with Crippen LogP contribution in [0.5, 0.6) is 0 Å². The van der Waals surface area contributed by atoms with Crippen molar-refractivity contribution in [2.24, 2.45) is 0 Å². The predicted octanol–water partition coefficient (Wildman–Crippen LogP) is 1.22. The normalized spacial score (nSPS) is 21.8. The molecule has 1 aromatic rings. The van der Waals surface area contributed by atoms with Crippen LogP contribution in [0.1, 0.15) is 37.1 Å². The van der Waals surface area contributed by atoms with Crippen LogP contribution in [-0.2, 0) is 12.8 Å². The van der Waals surface area contributed by atoms with Crippen molar-refractivity contribution in [3.8, 4) is 0 Å². The van der Waals surface area contributed by atoms with Gasteiger partial charge in [-0.25, -0.2) is 0 Å². The number of aromatic nitrogens is 2. The first-order valence-electron chi connectivity index (χ1n) is 6.37. The van der Waals surface area contributed by atoms with E-state index in [9.17, 15) is 0 Å². The molecule has 1 aromatic heterocycles. The number of rotatable bonds is 2. The monoisotopic (exact) mass is 220 g/mol. The van der Waals surface area contributed by atoms with Crippen LogP contribution >= 0.6 is 0 Å². The van der Waals surface area contributed by atoms with Gasteiger partial charge in [0.25, 0.3) is 0 Å². The molecule has 2 aliphatic rings. The molecular formula is C12H20N4.